The summed E-state index contributed by atoms with van der Waals surface area (Å²) in [6, 6.07) is 12.9. The van der Waals surface area contributed by atoms with E-state index in [0.29, 0.717) is 16.3 Å². The maximum absolute atomic E-state index is 12.3. The van der Waals surface area contributed by atoms with E-state index in [1.807, 2.05) is 56.3 Å². The van der Waals surface area contributed by atoms with E-state index in [9.17, 15) is 4.79 Å². The number of nitrogens with one attached hydrogen (secondary N) is 1. The zero-order chi connectivity index (χ0) is 14.7. The average Bonchev–Trinajstić information content (AvgIpc) is 2.38. The molecule has 0 aliphatic carbocycles. The van der Waals surface area contributed by atoms with Crippen molar-refractivity contribution in [2.45, 2.75) is 6.92 Å². The first-order valence-electron chi connectivity index (χ1n) is 6.33. The lowest BCUT2D eigenvalue weighted by atomic mass is 10.1. The highest BCUT2D eigenvalue weighted by Crippen LogP contribution is 2.28. The highest BCUT2D eigenvalue weighted by molar-refractivity contribution is 6.31. The van der Waals surface area contributed by atoms with Crippen LogP contribution in [0.15, 0.2) is 42.5 Å². The van der Waals surface area contributed by atoms with Crippen molar-refractivity contribution in [2.24, 2.45) is 0 Å². The van der Waals surface area contributed by atoms with Gasteiger partial charge in [-0.15, -0.1) is 0 Å². The van der Waals surface area contributed by atoms with Gasteiger partial charge in [0.25, 0.3) is 5.91 Å². The first-order valence-corrected chi connectivity index (χ1v) is 6.70. The molecule has 20 heavy (non-hydrogen) atoms. The van der Waals surface area contributed by atoms with Crippen molar-refractivity contribution in [3.05, 3.63) is 58.6 Å². The molecule has 104 valence electrons. The first-order chi connectivity index (χ1) is 9.49. The molecule has 1 amide bonds. The highest BCUT2D eigenvalue weighted by Gasteiger charge is 2.12. The number of anilines is 2. The molecule has 0 radical (unpaired) electrons. The number of benzene rings is 2. The second-order valence-electron chi connectivity index (χ2n) is 4.82. The van der Waals surface area contributed by atoms with Gasteiger partial charge in [0.1, 0.15) is 0 Å². The molecular weight excluding hydrogens is 272 g/mol. The Kier molecular flexibility index (Phi) is 4.30. The summed E-state index contributed by atoms with van der Waals surface area (Å²) in [6.45, 7) is 1.92. The molecule has 2 aromatic rings. The Balaban J connectivity index is 2.33. The summed E-state index contributed by atoms with van der Waals surface area (Å²) in [5, 5.41) is 3.52. The third-order valence-corrected chi connectivity index (χ3v) is 3.31. The van der Waals surface area contributed by atoms with Crippen LogP contribution in [0, 0.1) is 6.92 Å². The average molecular weight is 289 g/mol. The molecule has 0 unspecified atom stereocenters. The molecular formula is C16H17ClN2O. The molecule has 0 spiro atoms. The Morgan fingerprint density at radius 1 is 1.15 bits per heavy atom. The zero-order valence-corrected chi connectivity index (χ0v) is 12.5. The molecule has 2 rings (SSSR count). The van der Waals surface area contributed by atoms with Crippen molar-refractivity contribution in [1.29, 1.82) is 0 Å². The maximum Gasteiger partial charge on any atom is 0.255 e. The van der Waals surface area contributed by atoms with Gasteiger partial charge < -0.3 is 10.2 Å². The maximum atomic E-state index is 12.3. The van der Waals surface area contributed by atoms with Crippen molar-refractivity contribution in [3.8, 4) is 0 Å². The lowest BCUT2D eigenvalue weighted by Crippen LogP contribution is -2.17. The van der Waals surface area contributed by atoms with Gasteiger partial charge in [-0.05, 0) is 36.8 Å². The number of hydrogen-bond acceptors (Lipinski definition) is 2. The number of halogens is 1. The second kappa shape index (κ2) is 5.97. The third-order valence-electron chi connectivity index (χ3n) is 3.08. The van der Waals surface area contributed by atoms with E-state index in [4.69, 9.17) is 11.6 Å². The van der Waals surface area contributed by atoms with Gasteiger partial charge in [-0.25, -0.2) is 0 Å². The minimum absolute atomic E-state index is 0.131. The molecule has 0 saturated heterocycles. The van der Waals surface area contributed by atoms with Crippen LogP contribution in [0.1, 0.15) is 15.9 Å². The van der Waals surface area contributed by atoms with E-state index in [-0.39, 0.29) is 5.91 Å². The van der Waals surface area contributed by atoms with E-state index >= 15 is 0 Å². The SMILES string of the molecule is Cc1ccccc1C(=O)Nc1cc(Cl)ccc1N(C)C. The van der Waals surface area contributed by atoms with Crippen molar-refractivity contribution >= 4 is 28.9 Å². The number of amides is 1. The number of aryl methyl sites for hydroxylation is 1. The largest absolute Gasteiger partial charge is 0.376 e. The van der Waals surface area contributed by atoms with E-state index < -0.39 is 0 Å². The van der Waals surface area contributed by atoms with Crippen molar-refractivity contribution in [3.63, 3.8) is 0 Å². The van der Waals surface area contributed by atoms with Gasteiger partial charge in [0.05, 0.1) is 11.4 Å². The molecule has 0 atom stereocenters. The lowest BCUT2D eigenvalue weighted by Gasteiger charge is -2.18. The minimum atomic E-state index is -0.131. The second-order valence-corrected chi connectivity index (χ2v) is 5.26. The number of nitrogens with zero attached hydrogens (tertiary/aromatic N) is 1. The van der Waals surface area contributed by atoms with E-state index in [1.165, 1.54) is 0 Å². The fourth-order valence-electron chi connectivity index (χ4n) is 2.02. The third kappa shape index (κ3) is 3.11. The number of carbonyl (C=O) groups excluding carboxylic acids is 1. The van der Waals surface area contributed by atoms with Crippen LogP contribution >= 0.6 is 11.6 Å². The Hall–Kier alpha value is -2.00. The molecule has 0 saturated carbocycles. The molecule has 0 aliphatic heterocycles. The molecule has 0 bridgehead atoms. The fourth-order valence-corrected chi connectivity index (χ4v) is 2.19. The molecule has 0 aliphatic rings. The normalized spacial score (nSPS) is 10.2. The molecule has 1 N–H and O–H groups in total. The molecule has 0 aromatic heterocycles. The van der Waals surface area contributed by atoms with Gasteiger partial charge in [-0.2, -0.15) is 0 Å². The standard InChI is InChI=1S/C16H17ClN2O/c1-11-6-4-5-7-13(11)16(20)18-14-10-12(17)8-9-15(14)19(2)3/h4-10H,1-3H3,(H,18,20). The van der Waals surface area contributed by atoms with Crippen LogP contribution in [0.5, 0.6) is 0 Å². The van der Waals surface area contributed by atoms with Crippen LogP contribution in [0.3, 0.4) is 0 Å². The van der Waals surface area contributed by atoms with Crippen LogP contribution in [0.2, 0.25) is 5.02 Å². The first kappa shape index (κ1) is 14.4. The summed E-state index contributed by atoms with van der Waals surface area (Å²) in [7, 11) is 3.85. The van der Waals surface area contributed by atoms with Gasteiger partial charge in [0.15, 0.2) is 0 Å². The molecule has 3 nitrogen and oxygen atoms in total. The van der Waals surface area contributed by atoms with Gasteiger partial charge >= 0.3 is 0 Å². The summed E-state index contributed by atoms with van der Waals surface area (Å²) in [5.41, 5.74) is 3.22. The van der Waals surface area contributed by atoms with Crippen LogP contribution in [0.25, 0.3) is 0 Å². The zero-order valence-electron chi connectivity index (χ0n) is 11.8. The summed E-state index contributed by atoms with van der Waals surface area (Å²) < 4.78 is 0. The van der Waals surface area contributed by atoms with Crippen LogP contribution in [0.4, 0.5) is 11.4 Å². The molecule has 2 aromatic carbocycles. The smallest absolute Gasteiger partial charge is 0.255 e. The Morgan fingerprint density at radius 2 is 1.85 bits per heavy atom. The number of hydrogen-bond donors (Lipinski definition) is 1. The van der Waals surface area contributed by atoms with Gasteiger partial charge in [-0.3, -0.25) is 4.79 Å². The minimum Gasteiger partial charge on any atom is -0.376 e. The quantitative estimate of drug-likeness (QED) is 0.927. The molecule has 0 fully saturated rings. The van der Waals surface area contributed by atoms with Gasteiger partial charge in [0.2, 0.25) is 0 Å². The van der Waals surface area contributed by atoms with Crippen LogP contribution in [-0.2, 0) is 0 Å². The molecule has 0 heterocycles. The summed E-state index contributed by atoms with van der Waals surface area (Å²) in [6.07, 6.45) is 0. The van der Waals surface area contributed by atoms with E-state index in [1.54, 1.807) is 12.1 Å². The van der Waals surface area contributed by atoms with Crippen LogP contribution in [-0.4, -0.2) is 20.0 Å². The predicted octanol–water partition coefficient (Wildman–Crippen LogP) is 3.97. The Bertz CT molecular complexity index is 638. The highest BCUT2D eigenvalue weighted by atomic mass is 35.5. The molecule has 4 heteroatoms. The van der Waals surface area contributed by atoms with E-state index in [0.717, 1.165) is 11.3 Å². The Labute approximate surface area is 124 Å². The number of rotatable bonds is 3. The van der Waals surface area contributed by atoms with Gasteiger partial charge in [-0.1, -0.05) is 29.8 Å². The predicted molar refractivity (Wildman–Crippen MR) is 84.9 cm³/mol. The van der Waals surface area contributed by atoms with Crippen LogP contribution < -0.4 is 10.2 Å². The summed E-state index contributed by atoms with van der Waals surface area (Å²) >= 11 is 6.01. The van der Waals surface area contributed by atoms with Gasteiger partial charge in [0, 0.05) is 24.7 Å². The van der Waals surface area contributed by atoms with E-state index in [2.05, 4.69) is 5.32 Å². The van der Waals surface area contributed by atoms with Crippen molar-refractivity contribution < 1.29 is 4.79 Å². The summed E-state index contributed by atoms with van der Waals surface area (Å²) in [4.78, 5) is 14.3. The van der Waals surface area contributed by atoms with Crippen molar-refractivity contribution in [2.75, 3.05) is 24.3 Å². The number of carbonyl (C=O) groups is 1. The summed E-state index contributed by atoms with van der Waals surface area (Å²) in [5.74, 6) is -0.131. The topological polar surface area (TPSA) is 32.3 Å². The lowest BCUT2D eigenvalue weighted by molar-refractivity contribution is 0.102. The Morgan fingerprint density at radius 3 is 2.50 bits per heavy atom. The fraction of sp³-hybridized carbons (Fsp3) is 0.188. The van der Waals surface area contributed by atoms with Crippen molar-refractivity contribution in [1.82, 2.24) is 0 Å². The monoisotopic (exact) mass is 288 g/mol.